The maximum Gasteiger partial charge on any atom is 0.248 e. The number of carbonyl (C=O) groups excluding carboxylic acids is 1. The van der Waals surface area contributed by atoms with Crippen LogP contribution in [-0.4, -0.2) is 43.0 Å². The van der Waals surface area contributed by atoms with Crippen LogP contribution < -0.4 is 10.6 Å². The number of nitrogens with zero attached hydrogens (tertiary/aromatic N) is 2. The molecule has 0 bridgehead atoms. The Bertz CT molecular complexity index is 557. The number of amides is 1. The fourth-order valence-corrected chi connectivity index (χ4v) is 3.83. The summed E-state index contributed by atoms with van der Waals surface area (Å²) in [5, 5.41) is 0. The van der Waals surface area contributed by atoms with Crippen LogP contribution in [0.3, 0.4) is 0 Å². The third kappa shape index (κ3) is 3.12. The first-order valence-corrected chi connectivity index (χ1v) is 8.35. The molecule has 0 saturated carbocycles. The summed E-state index contributed by atoms with van der Waals surface area (Å²) in [6.07, 6.45) is 3.94. The van der Waals surface area contributed by atoms with Gasteiger partial charge in [0, 0.05) is 43.0 Å². The second kappa shape index (κ2) is 6.29. The summed E-state index contributed by atoms with van der Waals surface area (Å²) in [7, 11) is 0. The Morgan fingerprint density at radius 3 is 2.86 bits per heavy atom. The Balaban J connectivity index is 1.62. The smallest absolute Gasteiger partial charge is 0.248 e. The highest BCUT2D eigenvalue weighted by Crippen LogP contribution is 2.27. The van der Waals surface area contributed by atoms with E-state index in [1.807, 2.05) is 13.0 Å². The molecule has 22 heavy (non-hydrogen) atoms. The molecule has 2 saturated heterocycles. The Kier molecular flexibility index (Phi) is 4.39. The van der Waals surface area contributed by atoms with Crippen LogP contribution in [0, 0.1) is 18.9 Å². The van der Waals surface area contributed by atoms with Crippen LogP contribution in [0.25, 0.3) is 0 Å². The number of carbonyl (C=O) groups is 1. The summed E-state index contributed by atoms with van der Waals surface area (Å²) in [5.74, 6) is 0.368. The summed E-state index contributed by atoms with van der Waals surface area (Å²) in [6, 6.07) is 7.77. The molecule has 2 heterocycles. The van der Waals surface area contributed by atoms with Crippen LogP contribution in [-0.2, 0) is 0 Å². The largest absolute Gasteiger partial charge is 0.371 e. The fourth-order valence-electron chi connectivity index (χ4n) is 3.83. The summed E-state index contributed by atoms with van der Waals surface area (Å²) < 4.78 is 0. The first-order valence-electron chi connectivity index (χ1n) is 8.35. The topological polar surface area (TPSA) is 49.6 Å². The molecule has 2 N–H and O–H groups in total. The van der Waals surface area contributed by atoms with Crippen LogP contribution in [0.4, 0.5) is 5.69 Å². The minimum atomic E-state index is -0.373. The highest BCUT2D eigenvalue weighted by Gasteiger charge is 2.28. The number of likely N-dealkylation sites (tertiary alicyclic amines) is 1. The molecule has 1 radical (unpaired) electrons. The normalized spacial score (nSPS) is 25.8. The molecule has 4 heteroatoms. The van der Waals surface area contributed by atoms with Gasteiger partial charge in [-0.3, -0.25) is 4.79 Å². The molecule has 119 valence electrons. The van der Waals surface area contributed by atoms with Crippen molar-refractivity contribution >= 4 is 11.6 Å². The maximum absolute atomic E-state index is 11.3. The molecule has 2 fully saturated rings. The third-order valence-electron chi connectivity index (χ3n) is 5.22. The van der Waals surface area contributed by atoms with Crippen molar-refractivity contribution in [3.05, 3.63) is 29.3 Å². The van der Waals surface area contributed by atoms with Crippen molar-refractivity contribution in [3.8, 4) is 0 Å². The van der Waals surface area contributed by atoms with Crippen LogP contribution in [0.5, 0.6) is 0 Å². The van der Waals surface area contributed by atoms with E-state index in [1.165, 1.54) is 32.4 Å². The van der Waals surface area contributed by atoms with E-state index < -0.39 is 0 Å². The van der Waals surface area contributed by atoms with Crippen molar-refractivity contribution in [2.75, 3.05) is 31.1 Å². The van der Waals surface area contributed by atoms with Gasteiger partial charge in [0.05, 0.1) is 0 Å². The van der Waals surface area contributed by atoms with Crippen LogP contribution in [0.1, 0.15) is 42.1 Å². The summed E-state index contributed by atoms with van der Waals surface area (Å²) >= 11 is 0. The molecule has 2 aliphatic rings. The average Bonchev–Trinajstić information content (AvgIpc) is 3.09. The lowest BCUT2D eigenvalue weighted by atomic mass is 10.1. The van der Waals surface area contributed by atoms with Gasteiger partial charge in [0.1, 0.15) is 0 Å². The van der Waals surface area contributed by atoms with E-state index >= 15 is 0 Å². The van der Waals surface area contributed by atoms with Crippen molar-refractivity contribution in [2.24, 2.45) is 11.7 Å². The quantitative estimate of drug-likeness (QED) is 0.927. The standard InChI is InChI=1S/C18H26N3O/c1-13-10-16(5-6-17(13)18(19)22)21-9-7-15(12-21)11-20-8-3-4-14(20)2/h6,10,14-15H,3-4,7-9,11-12H2,1-2H3,(H2,19,22). The van der Waals surface area contributed by atoms with Crippen molar-refractivity contribution in [1.29, 1.82) is 0 Å². The number of primary amides is 1. The number of anilines is 1. The number of aryl methyl sites for hydroxylation is 1. The summed E-state index contributed by atoms with van der Waals surface area (Å²) in [5.41, 5.74) is 7.98. The van der Waals surface area contributed by atoms with Gasteiger partial charge in [-0.15, -0.1) is 0 Å². The first kappa shape index (κ1) is 15.3. The molecule has 0 aliphatic carbocycles. The third-order valence-corrected chi connectivity index (χ3v) is 5.22. The zero-order chi connectivity index (χ0) is 15.7. The Labute approximate surface area is 133 Å². The van der Waals surface area contributed by atoms with Crippen LogP contribution in [0.2, 0.25) is 0 Å². The molecule has 0 spiro atoms. The lowest BCUT2D eigenvalue weighted by Crippen LogP contribution is -2.33. The van der Waals surface area contributed by atoms with E-state index in [1.54, 1.807) is 6.07 Å². The lowest BCUT2D eigenvalue weighted by Gasteiger charge is -2.25. The van der Waals surface area contributed by atoms with E-state index in [2.05, 4.69) is 22.8 Å². The van der Waals surface area contributed by atoms with Gasteiger partial charge in [-0.25, -0.2) is 0 Å². The van der Waals surface area contributed by atoms with Crippen LogP contribution in [0.15, 0.2) is 12.1 Å². The molecule has 2 atom stereocenters. The minimum Gasteiger partial charge on any atom is -0.371 e. The lowest BCUT2D eigenvalue weighted by molar-refractivity contribution is 0.0999. The first-order chi connectivity index (χ1) is 10.5. The van der Waals surface area contributed by atoms with Crippen molar-refractivity contribution < 1.29 is 4.79 Å². The van der Waals surface area contributed by atoms with Gasteiger partial charge in [-0.2, -0.15) is 0 Å². The Morgan fingerprint density at radius 1 is 1.41 bits per heavy atom. The molecule has 4 nitrogen and oxygen atoms in total. The molecule has 1 aromatic carbocycles. The SMILES string of the molecule is Cc1cc(N2CCC(CN3CCCC3C)C2)[c]cc1C(N)=O. The van der Waals surface area contributed by atoms with Gasteiger partial charge < -0.3 is 15.5 Å². The number of benzene rings is 1. The predicted octanol–water partition coefficient (Wildman–Crippen LogP) is 2.20. The van der Waals surface area contributed by atoms with Gasteiger partial charge in [-0.1, -0.05) is 0 Å². The molecule has 0 aromatic heterocycles. The Hall–Kier alpha value is -1.55. The fraction of sp³-hybridized carbons (Fsp3) is 0.611. The maximum atomic E-state index is 11.3. The van der Waals surface area contributed by atoms with E-state index in [0.29, 0.717) is 5.56 Å². The van der Waals surface area contributed by atoms with Gasteiger partial charge >= 0.3 is 0 Å². The number of rotatable bonds is 4. The van der Waals surface area contributed by atoms with E-state index in [9.17, 15) is 4.79 Å². The van der Waals surface area contributed by atoms with E-state index in [-0.39, 0.29) is 5.91 Å². The monoisotopic (exact) mass is 300 g/mol. The van der Waals surface area contributed by atoms with Crippen LogP contribution >= 0.6 is 0 Å². The second-order valence-electron chi connectivity index (χ2n) is 6.87. The van der Waals surface area contributed by atoms with Gasteiger partial charge in [-0.05, 0) is 63.3 Å². The highest BCUT2D eigenvalue weighted by molar-refractivity contribution is 5.94. The number of nitrogens with two attached hydrogens (primary N) is 1. The predicted molar refractivity (Wildman–Crippen MR) is 89.1 cm³/mol. The second-order valence-corrected chi connectivity index (χ2v) is 6.87. The number of hydrogen-bond donors (Lipinski definition) is 1. The zero-order valence-electron chi connectivity index (χ0n) is 13.6. The van der Waals surface area contributed by atoms with E-state index in [0.717, 1.165) is 36.3 Å². The molecule has 2 aliphatic heterocycles. The Morgan fingerprint density at radius 2 is 2.23 bits per heavy atom. The molecule has 3 rings (SSSR count). The van der Waals surface area contributed by atoms with E-state index in [4.69, 9.17) is 5.73 Å². The molecular weight excluding hydrogens is 274 g/mol. The van der Waals surface area contributed by atoms with Gasteiger partial charge in [0.25, 0.3) is 0 Å². The zero-order valence-corrected chi connectivity index (χ0v) is 13.6. The van der Waals surface area contributed by atoms with Crippen molar-refractivity contribution in [1.82, 2.24) is 4.90 Å². The molecular formula is C18H26N3O. The number of hydrogen-bond acceptors (Lipinski definition) is 3. The summed E-state index contributed by atoms with van der Waals surface area (Å²) in [4.78, 5) is 16.3. The molecule has 2 unspecified atom stereocenters. The summed E-state index contributed by atoms with van der Waals surface area (Å²) in [6.45, 7) is 8.94. The van der Waals surface area contributed by atoms with Gasteiger partial charge in [0.15, 0.2) is 0 Å². The average molecular weight is 300 g/mol. The van der Waals surface area contributed by atoms with Gasteiger partial charge in [0.2, 0.25) is 5.91 Å². The molecule has 1 aromatic rings. The molecule has 1 amide bonds. The highest BCUT2D eigenvalue weighted by atomic mass is 16.1. The van der Waals surface area contributed by atoms with Crippen molar-refractivity contribution in [3.63, 3.8) is 0 Å². The minimum absolute atomic E-state index is 0.373. The van der Waals surface area contributed by atoms with Crippen molar-refractivity contribution in [2.45, 2.75) is 39.2 Å².